The van der Waals surface area contributed by atoms with E-state index in [0.717, 1.165) is 5.56 Å². The molecule has 0 saturated carbocycles. The van der Waals surface area contributed by atoms with Gasteiger partial charge in [-0.1, -0.05) is 47.0 Å². The number of benzene rings is 2. The molecule has 0 spiro atoms. The number of ether oxygens (including phenoxy) is 1. The molecule has 0 aromatic heterocycles. The van der Waals surface area contributed by atoms with Crippen LogP contribution in [0, 0.1) is 27.7 Å². The van der Waals surface area contributed by atoms with Crippen molar-refractivity contribution in [1.29, 1.82) is 0 Å². The summed E-state index contributed by atoms with van der Waals surface area (Å²) in [5.74, 6) is 0.446. The minimum absolute atomic E-state index is 0.0353. The summed E-state index contributed by atoms with van der Waals surface area (Å²) in [6.45, 7) is 10.7. The molecule has 20 heavy (non-hydrogen) atoms. The Balaban J connectivity index is 0.000000204. The number of rotatable bonds is 2. The molecule has 2 rings (SSSR count). The smallest absolute Gasteiger partial charge is 0.220 e. The highest BCUT2D eigenvalue weighted by atomic mass is 16.5. The summed E-state index contributed by atoms with van der Waals surface area (Å²) >= 11 is 0. The molecule has 2 heteroatoms. The Labute approximate surface area is 122 Å². The molecule has 0 aliphatic rings. The summed E-state index contributed by atoms with van der Waals surface area (Å²) in [6, 6.07) is 11.7. The van der Waals surface area contributed by atoms with Crippen molar-refractivity contribution in [3.05, 3.63) is 58.7 Å². The normalized spacial score (nSPS) is 9.65. The van der Waals surface area contributed by atoms with Gasteiger partial charge < -0.3 is 4.74 Å². The lowest BCUT2D eigenvalue weighted by molar-refractivity contribution is 0.286. The highest BCUT2D eigenvalue weighted by Gasteiger charge is 2.05. The fourth-order valence-electron chi connectivity index (χ4n) is 2.16. The van der Waals surface area contributed by atoms with E-state index in [-0.39, 0.29) is 5.75 Å². The van der Waals surface area contributed by atoms with Crippen LogP contribution in [-0.4, -0.2) is 6.61 Å². The molecule has 1 radical (unpaired) electrons. The van der Waals surface area contributed by atoms with Crippen molar-refractivity contribution in [1.82, 2.24) is 0 Å². The third kappa shape index (κ3) is 4.96. The second-order valence-electron chi connectivity index (χ2n) is 5.00. The standard InChI is InChI=1S/C9H11O2.C9H12/c1-3-11-9-7(2)5-4-6-8(9)10;1-7-4-8(2)6-9(3)5-7/h4-6H,3H2,1-2H3;4-6H,1-3H3. The van der Waals surface area contributed by atoms with Crippen molar-refractivity contribution in [2.24, 2.45) is 0 Å². The van der Waals surface area contributed by atoms with Crippen molar-refractivity contribution < 1.29 is 9.84 Å². The Hall–Kier alpha value is -1.96. The number of hydrogen-bond acceptors (Lipinski definition) is 1. The highest BCUT2D eigenvalue weighted by molar-refractivity contribution is 5.44. The molecule has 2 aromatic carbocycles. The molecule has 0 fully saturated rings. The van der Waals surface area contributed by atoms with Gasteiger partial charge in [-0.15, -0.1) is 0 Å². The van der Waals surface area contributed by atoms with Gasteiger partial charge in [0.05, 0.1) is 6.61 Å². The molecule has 0 N–H and O–H groups in total. The zero-order chi connectivity index (χ0) is 15.1. The van der Waals surface area contributed by atoms with Crippen LogP contribution in [0.25, 0.3) is 0 Å². The van der Waals surface area contributed by atoms with Crippen molar-refractivity contribution in [3.8, 4) is 11.5 Å². The Morgan fingerprint density at radius 3 is 1.80 bits per heavy atom. The predicted molar refractivity (Wildman–Crippen MR) is 83.1 cm³/mol. The summed E-state index contributed by atoms with van der Waals surface area (Å²) in [4.78, 5) is 0. The highest BCUT2D eigenvalue weighted by Crippen LogP contribution is 2.29. The van der Waals surface area contributed by atoms with E-state index in [1.807, 2.05) is 19.9 Å². The Kier molecular flexibility index (Phi) is 6.10. The fraction of sp³-hybridized carbons (Fsp3) is 0.333. The first-order valence-electron chi connectivity index (χ1n) is 6.88. The lowest BCUT2D eigenvalue weighted by Gasteiger charge is -2.05. The van der Waals surface area contributed by atoms with Crippen LogP contribution in [0.15, 0.2) is 36.4 Å². The van der Waals surface area contributed by atoms with Crippen molar-refractivity contribution in [3.63, 3.8) is 0 Å². The zero-order valence-corrected chi connectivity index (χ0v) is 13.0. The molecular formula is C18H23O2. The van der Waals surface area contributed by atoms with Crippen LogP contribution in [0.5, 0.6) is 11.5 Å². The molecule has 2 nitrogen and oxygen atoms in total. The molecule has 0 unspecified atom stereocenters. The van der Waals surface area contributed by atoms with Crippen molar-refractivity contribution in [2.75, 3.05) is 6.61 Å². The Bertz CT molecular complexity index is 489. The van der Waals surface area contributed by atoms with Crippen LogP contribution >= 0.6 is 0 Å². The summed E-state index contributed by atoms with van der Waals surface area (Å²) in [6.07, 6.45) is 0. The Morgan fingerprint density at radius 1 is 0.900 bits per heavy atom. The van der Waals surface area contributed by atoms with Gasteiger partial charge in [0.25, 0.3) is 0 Å². The minimum atomic E-state index is -0.0353. The van der Waals surface area contributed by atoms with Gasteiger partial charge in [0, 0.05) is 0 Å². The molecule has 0 heterocycles. The van der Waals surface area contributed by atoms with Crippen LogP contribution < -0.4 is 4.74 Å². The summed E-state index contributed by atoms with van der Waals surface area (Å²) in [5, 5.41) is 11.1. The maximum absolute atomic E-state index is 11.1. The van der Waals surface area contributed by atoms with Crippen molar-refractivity contribution in [2.45, 2.75) is 34.6 Å². The minimum Gasteiger partial charge on any atom is -0.490 e. The van der Waals surface area contributed by atoms with Gasteiger partial charge in [0.15, 0.2) is 5.75 Å². The predicted octanol–water partition coefficient (Wildman–Crippen LogP) is 5.15. The SMILES string of the molecule is CCOc1c(C)cccc1[O].Cc1cc(C)cc(C)c1. The van der Waals surface area contributed by atoms with Crippen LogP contribution in [-0.2, 0) is 5.11 Å². The fourth-order valence-corrected chi connectivity index (χ4v) is 2.16. The topological polar surface area (TPSA) is 29.1 Å². The monoisotopic (exact) mass is 271 g/mol. The Morgan fingerprint density at radius 2 is 1.40 bits per heavy atom. The van der Waals surface area contributed by atoms with E-state index in [1.165, 1.54) is 22.8 Å². The zero-order valence-electron chi connectivity index (χ0n) is 13.0. The van der Waals surface area contributed by atoms with E-state index in [4.69, 9.17) is 4.74 Å². The van der Waals surface area contributed by atoms with Crippen LogP contribution in [0.2, 0.25) is 0 Å². The first-order chi connectivity index (χ1) is 9.43. The van der Waals surface area contributed by atoms with Crippen LogP contribution in [0.3, 0.4) is 0 Å². The summed E-state index contributed by atoms with van der Waals surface area (Å²) in [7, 11) is 0. The maximum atomic E-state index is 11.1. The average Bonchev–Trinajstić information content (AvgIpc) is 2.33. The van der Waals surface area contributed by atoms with Gasteiger partial charge in [-0.2, -0.15) is 0 Å². The molecule has 0 bridgehead atoms. The molecular weight excluding hydrogens is 248 g/mol. The quantitative estimate of drug-likeness (QED) is 0.742. The van der Waals surface area contributed by atoms with E-state index in [0.29, 0.717) is 12.4 Å². The largest absolute Gasteiger partial charge is 0.490 e. The third-order valence-electron chi connectivity index (χ3n) is 2.83. The van der Waals surface area contributed by atoms with E-state index >= 15 is 0 Å². The van der Waals surface area contributed by atoms with Gasteiger partial charge in [-0.05, 0) is 46.2 Å². The summed E-state index contributed by atoms with van der Waals surface area (Å²) in [5.41, 5.74) is 4.96. The van der Waals surface area contributed by atoms with Gasteiger partial charge in [0.2, 0.25) is 5.75 Å². The molecule has 107 valence electrons. The molecule has 0 atom stereocenters. The van der Waals surface area contributed by atoms with E-state index in [9.17, 15) is 5.11 Å². The summed E-state index contributed by atoms with van der Waals surface area (Å²) < 4.78 is 5.15. The number of aryl methyl sites for hydroxylation is 4. The molecule has 0 aliphatic heterocycles. The lowest BCUT2D eigenvalue weighted by Crippen LogP contribution is -1.93. The van der Waals surface area contributed by atoms with Gasteiger partial charge >= 0.3 is 0 Å². The van der Waals surface area contributed by atoms with E-state index < -0.39 is 0 Å². The first kappa shape index (κ1) is 16.1. The van der Waals surface area contributed by atoms with Crippen LogP contribution in [0.4, 0.5) is 0 Å². The maximum Gasteiger partial charge on any atom is 0.220 e. The van der Waals surface area contributed by atoms with E-state index in [2.05, 4.69) is 39.0 Å². The van der Waals surface area contributed by atoms with Gasteiger partial charge in [-0.3, -0.25) is 5.11 Å². The lowest BCUT2D eigenvalue weighted by atomic mass is 10.1. The molecule has 0 amide bonds. The second-order valence-corrected chi connectivity index (χ2v) is 5.00. The molecule has 0 saturated heterocycles. The van der Waals surface area contributed by atoms with Crippen LogP contribution in [0.1, 0.15) is 29.2 Å². The van der Waals surface area contributed by atoms with E-state index in [1.54, 1.807) is 6.07 Å². The van der Waals surface area contributed by atoms with Crippen molar-refractivity contribution >= 4 is 0 Å². The van der Waals surface area contributed by atoms with Gasteiger partial charge in [-0.25, -0.2) is 0 Å². The average molecular weight is 271 g/mol. The van der Waals surface area contributed by atoms with Gasteiger partial charge in [0.1, 0.15) is 0 Å². The third-order valence-corrected chi connectivity index (χ3v) is 2.83. The second kappa shape index (κ2) is 7.59. The molecule has 2 aromatic rings. The number of hydrogen-bond donors (Lipinski definition) is 0. The molecule has 0 aliphatic carbocycles. The first-order valence-corrected chi connectivity index (χ1v) is 6.88. The number of para-hydroxylation sites is 1.